The van der Waals surface area contributed by atoms with E-state index < -0.39 is 10.0 Å². The molecule has 5 nitrogen and oxygen atoms in total. The van der Waals surface area contributed by atoms with Crippen LogP contribution < -0.4 is 10.5 Å². The fourth-order valence-electron chi connectivity index (χ4n) is 2.69. The minimum atomic E-state index is -3.26. The van der Waals surface area contributed by atoms with E-state index in [0.29, 0.717) is 23.9 Å². The highest BCUT2D eigenvalue weighted by atomic mass is 32.2. The standard InChI is InChI=1S/C15H24N2O3S/c1-17(12-13-6-2-3-7-13)21(18,19)11-10-20-15-9-5-4-8-14(15)16/h4-5,8-9,13H,2-3,6-7,10-12,16H2,1H3. The summed E-state index contributed by atoms with van der Waals surface area (Å²) >= 11 is 0. The highest BCUT2D eigenvalue weighted by Crippen LogP contribution is 2.26. The number of ether oxygens (including phenoxy) is 1. The predicted octanol–water partition coefficient (Wildman–Crippen LogP) is 2.10. The number of nitrogens with zero attached hydrogens (tertiary/aromatic N) is 1. The molecular weight excluding hydrogens is 288 g/mol. The van der Waals surface area contributed by atoms with Crippen molar-refractivity contribution in [2.24, 2.45) is 5.92 Å². The molecule has 0 atom stereocenters. The highest BCUT2D eigenvalue weighted by Gasteiger charge is 2.23. The first-order valence-corrected chi connectivity index (χ1v) is 9.01. The third kappa shape index (κ3) is 4.61. The van der Waals surface area contributed by atoms with Crippen LogP contribution >= 0.6 is 0 Å². The summed E-state index contributed by atoms with van der Waals surface area (Å²) in [5.41, 5.74) is 6.28. The number of hydrogen-bond donors (Lipinski definition) is 1. The van der Waals surface area contributed by atoms with Crippen LogP contribution in [-0.4, -0.2) is 38.7 Å². The van der Waals surface area contributed by atoms with Crippen molar-refractivity contribution in [3.63, 3.8) is 0 Å². The van der Waals surface area contributed by atoms with Gasteiger partial charge in [0.05, 0.1) is 11.4 Å². The van der Waals surface area contributed by atoms with Gasteiger partial charge in [-0.2, -0.15) is 0 Å². The van der Waals surface area contributed by atoms with Gasteiger partial charge in [-0.3, -0.25) is 0 Å². The van der Waals surface area contributed by atoms with Gasteiger partial charge in [-0.05, 0) is 30.9 Å². The molecule has 21 heavy (non-hydrogen) atoms. The van der Waals surface area contributed by atoms with Gasteiger partial charge in [0, 0.05) is 13.6 Å². The van der Waals surface area contributed by atoms with E-state index >= 15 is 0 Å². The van der Waals surface area contributed by atoms with Crippen molar-refractivity contribution >= 4 is 15.7 Å². The summed E-state index contributed by atoms with van der Waals surface area (Å²) in [6, 6.07) is 7.10. The number of sulfonamides is 1. The maximum atomic E-state index is 12.2. The van der Waals surface area contributed by atoms with Gasteiger partial charge < -0.3 is 10.5 Å². The SMILES string of the molecule is CN(CC1CCCC1)S(=O)(=O)CCOc1ccccc1N. The van der Waals surface area contributed by atoms with Crippen molar-refractivity contribution in [2.75, 3.05) is 31.7 Å². The van der Waals surface area contributed by atoms with Gasteiger partial charge in [-0.15, -0.1) is 0 Å². The van der Waals surface area contributed by atoms with Gasteiger partial charge in [0.1, 0.15) is 12.4 Å². The van der Waals surface area contributed by atoms with Crippen molar-refractivity contribution in [3.05, 3.63) is 24.3 Å². The number of nitrogen functional groups attached to an aromatic ring is 1. The molecular formula is C15H24N2O3S. The number of benzene rings is 1. The summed E-state index contributed by atoms with van der Waals surface area (Å²) in [5.74, 6) is 1.02. The third-order valence-corrected chi connectivity index (χ3v) is 5.76. The molecule has 1 saturated carbocycles. The Kier molecular flexibility index (Phi) is 5.47. The molecule has 2 rings (SSSR count). The van der Waals surface area contributed by atoms with Crippen LogP contribution in [0.4, 0.5) is 5.69 Å². The van der Waals surface area contributed by atoms with E-state index in [1.54, 1.807) is 19.2 Å². The van der Waals surface area contributed by atoms with Crippen LogP contribution in [-0.2, 0) is 10.0 Å². The molecule has 6 heteroatoms. The number of para-hydroxylation sites is 2. The minimum Gasteiger partial charge on any atom is -0.490 e. The average molecular weight is 312 g/mol. The van der Waals surface area contributed by atoms with Crippen molar-refractivity contribution in [1.82, 2.24) is 4.31 Å². The largest absolute Gasteiger partial charge is 0.490 e. The fraction of sp³-hybridized carbons (Fsp3) is 0.600. The number of hydrogen-bond acceptors (Lipinski definition) is 4. The molecule has 0 spiro atoms. The lowest BCUT2D eigenvalue weighted by molar-refractivity contribution is 0.334. The Morgan fingerprint density at radius 1 is 1.29 bits per heavy atom. The Labute approximate surface area is 127 Å². The number of anilines is 1. The average Bonchev–Trinajstić information content (AvgIpc) is 2.93. The summed E-state index contributed by atoms with van der Waals surface area (Å²) in [5, 5.41) is 0. The summed E-state index contributed by atoms with van der Waals surface area (Å²) in [7, 11) is -1.61. The van der Waals surface area contributed by atoms with E-state index in [9.17, 15) is 8.42 Å². The van der Waals surface area contributed by atoms with E-state index in [-0.39, 0.29) is 12.4 Å². The molecule has 0 unspecified atom stereocenters. The molecule has 1 aliphatic carbocycles. The first-order valence-electron chi connectivity index (χ1n) is 7.40. The van der Waals surface area contributed by atoms with E-state index in [1.165, 1.54) is 17.1 Å². The van der Waals surface area contributed by atoms with E-state index in [1.807, 2.05) is 12.1 Å². The zero-order chi connectivity index (χ0) is 15.3. The second kappa shape index (κ2) is 7.13. The molecule has 0 radical (unpaired) electrons. The Hall–Kier alpha value is -1.27. The van der Waals surface area contributed by atoms with Crippen LogP contribution in [0.2, 0.25) is 0 Å². The summed E-state index contributed by atoms with van der Waals surface area (Å²) < 4.78 is 31.4. The van der Waals surface area contributed by atoms with Crippen molar-refractivity contribution in [1.29, 1.82) is 0 Å². The van der Waals surface area contributed by atoms with Crippen LogP contribution in [0.25, 0.3) is 0 Å². The predicted molar refractivity (Wildman–Crippen MR) is 84.7 cm³/mol. The zero-order valence-corrected chi connectivity index (χ0v) is 13.3. The Bertz CT molecular complexity index is 554. The van der Waals surface area contributed by atoms with Crippen LogP contribution in [0.15, 0.2) is 24.3 Å². The van der Waals surface area contributed by atoms with Crippen LogP contribution in [0.3, 0.4) is 0 Å². The molecule has 118 valence electrons. The van der Waals surface area contributed by atoms with Gasteiger partial charge in [-0.25, -0.2) is 12.7 Å². The quantitative estimate of drug-likeness (QED) is 0.783. The molecule has 0 saturated heterocycles. The molecule has 0 aliphatic heterocycles. The maximum Gasteiger partial charge on any atom is 0.217 e. The highest BCUT2D eigenvalue weighted by molar-refractivity contribution is 7.89. The fourth-order valence-corrected chi connectivity index (χ4v) is 3.74. The molecule has 1 aliphatic rings. The van der Waals surface area contributed by atoms with Crippen LogP contribution in [0.1, 0.15) is 25.7 Å². The second-order valence-electron chi connectivity index (χ2n) is 5.63. The lowest BCUT2D eigenvalue weighted by Crippen LogP contribution is -2.34. The lowest BCUT2D eigenvalue weighted by atomic mass is 10.1. The molecule has 1 aromatic rings. The molecule has 2 N–H and O–H groups in total. The third-order valence-electron chi connectivity index (χ3n) is 3.98. The Morgan fingerprint density at radius 3 is 2.62 bits per heavy atom. The smallest absolute Gasteiger partial charge is 0.217 e. The normalized spacial score (nSPS) is 16.5. The zero-order valence-electron chi connectivity index (χ0n) is 12.5. The van der Waals surface area contributed by atoms with Gasteiger partial charge in [0.2, 0.25) is 10.0 Å². The van der Waals surface area contributed by atoms with Crippen molar-refractivity contribution < 1.29 is 13.2 Å². The molecule has 0 amide bonds. The van der Waals surface area contributed by atoms with Gasteiger partial charge >= 0.3 is 0 Å². The summed E-state index contributed by atoms with van der Waals surface area (Å²) in [6.45, 7) is 0.737. The van der Waals surface area contributed by atoms with Crippen LogP contribution in [0.5, 0.6) is 5.75 Å². The Morgan fingerprint density at radius 2 is 1.95 bits per heavy atom. The second-order valence-corrected chi connectivity index (χ2v) is 7.83. The Balaban J connectivity index is 1.81. The number of nitrogens with two attached hydrogens (primary N) is 1. The van der Waals surface area contributed by atoms with Gasteiger partial charge in [0.25, 0.3) is 0 Å². The van der Waals surface area contributed by atoms with Crippen molar-refractivity contribution in [3.8, 4) is 5.75 Å². The number of rotatable bonds is 7. The van der Waals surface area contributed by atoms with Crippen LogP contribution in [0, 0.1) is 5.92 Å². The lowest BCUT2D eigenvalue weighted by Gasteiger charge is -2.20. The maximum absolute atomic E-state index is 12.2. The van der Waals surface area contributed by atoms with E-state index in [0.717, 1.165) is 12.8 Å². The van der Waals surface area contributed by atoms with E-state index in [2.05, 4.69) is 0 Å². The topological polar surface area (TPSA) is 72.6 Å². The first kappa shape index (κ1) is 16.1. The molecule has 0 bridgehead atoms. The minimum absolute atomic E-state index is 0.0233. The summed E-state index contributed by atoms with van der Waals surface area (Å²) in [4.78, 5) is 0. The molecule has 0 heterocycles. The van der Waals surface area contributed by atoms with Crippen molar-refractivity contribution in [2.45, 2.75) is 25.7 Å². The van der Waals surface area contributed by atoms with Gasteiger partial charge in [-0.1, -0.05) is 25.0 Å². The summed E-state index contributed by atoms with van der Waals surface area (Å²) in [6.07, 6.45) is 4.71. The molecule has 1 aromatic carbocycles. The molecule has 0 aromatic heterocycles. The van der Waals surface area contributed by atoms with E-state index in [4.69, 9.17) is 10.5 Å². The molecule has 1 fully saturated rings. The monoisotopic (exact) mass is 312 g/mol. The van der Waals surface area contributed by atoms with Gasteiger partial charge in [0.15, 0.2) is 0 Å². The first-order chi connectivity index (χ1) is 9.99.